The highest BCUT2D eigenvalue weighted by Crippen LogP contribution is 2.09. The van der Waals surface area contributed by atoms with Crippen LogP contribution in [0.2, 0.25) is 5.02 Å². The van der Waals surface area contributed by atoms with Gasteiger partial charge in [0.1, 0.15) is 0 Å². The summed E-state index contributed by atoms with van der Waals surface area (Å²) in [6, 6.07) is 7.29. The maximum Gasteiger partial charge on any atom is 0.314 e. The van der Waals surface area contributed by atoms with Gasteiger partial charge < -0.3 is 15.7 Å². The predicted molar refractivity (Wildman–Crippen MR) is 77.5 cm³/mol. The van der Waals surface area contributed by atoms with Crippen molar-refractivity contribution in [2.45, 2.75) is 32.3 Å². The van der Waals surface area contributed by atoms with Gasteiger partial charge in [-0.2, -0.15) is 0 Å². The second kappa shape index (κ2) is 8.77. The lowest BCUT2D eigenvalue weighted by Gasteiger charge is -2.11. The molecule has 3 N–H and O–H groups in total. The first kappa shape index (κ1) is 15.8. The van der Waals surface area contributed by atoms with Gasteiger partial charge in [0.05, 0.1) is 6.10 Å². The van der Waals surface area contributed by atoms with E-state index in [2.05, 4.69) is 10.6 Å². The Morgan fingerprint density at radius 3 is 2.63 bits per heavy atom. The van der Waals surface area contributed by atoms with Crippen molar-refractivity contribution < 1.29 is 9.90 Å². The summed E-state index contributed by atoms with van der Waals surface area (Å²) in [5.74, 6) is 0. The highest BCUT2D eigenvalue weighted by molar-refractivity contribution is 6.30. The Morgan fingerprint density at radius 1 is 1.32 bits per heavy atom. The highest BCUT2D eigenvalue weighted by atomic mass is 35.5. The second-order valence-corrected chi connectivity index (χ2v) is 4.89. The number of carbonyl (C=O) groups excluding carboxylic acids is 1. The van der Waals surface area contributed by atoms with E-state index in [-0.39, 0.29) is 6.03 Å². The number of nitrogens with one attached hydrogen (secondary N) is 2. The minimum absolute atomic E-state index is 0.246. The third-order valence-electron chi connectivity index (χ3n) is 2.73. The third kappa shape index (κ3) is 7.03. The SMILES string of the molecule is CCCC(O)CNC(=O)NCCc1ccc(Cl)cc1. The number of benzene rings is 1. The van der Waals surface area contributed by atoms with Gasteiger partial charge in [0.15, 0.2) is 0 Å². The minimum atomic E-state index is -0.466. The van der Waals surface area contributed by atoms with E-state index in [9.17, 15) is 9.90 Å². The first-order chi connectivity index (χ1) is 9.11. The molecule has 5 heteroatoms. The molecule has 0 aromatic heterocycles. The van der Waals surface area contributed by atoms with Crippen molar-refractivity contribution in [3.63, 3.8) is 0 Å². The van der Waals surface area contributed by atoms with Gasteiger partial charge in [-0.25, -0.2) is 4.79 Å². The van der Waals surface area contributed by atoms with Crippen LogP contribution in [-0.4, -0.2) is 30.3 Å². The van der Waals surface area contributed by atoms with Gasteiger partial charge in [-0.3, -0.25) is 0 Å². The molecule has 0 aliphatic rings. The van der Waals surface area contributed by atoms with Gasteiger partial charge in [-0.15, -0.1) is 0 Å². The molecule has 0 spiro atoms. The standard InChI is InChI=1S/C14H21ClN2O2/c1-2-3-13(18)10-17-14(19)16-9-8-11-4-6-12(15)7-5-11/h4-7,13,18H,2-3,8-10H2,1H3,(H2,16,17,19). The number of urea groups is 1. The van der Waals surface area contributed by atoms with Crippen LogP contribution in [-0.2, 0) is 6.42 Å². The van der Waals surface area contributed by atoms with Crippen LogP contribution >= 0.6 is 11.6 Å². The topological polar surface area (TPSA) is 61.4 Å². The number of halogens is 1. The van der Waals surface area contributed by atoms with Gasteiger partial charge in [0.25, 0.3) is 0 Å². The lowest BCUT2D eigenvalue weighted by Crippen LogP contribution is -2.40. The van der Waals surface area contributed by atoms with Gasteiger partial charge in [0, 0.05) is 18.1 Å². The number of rotatable bonds is 7. The fraction of sp³-hybridized carbons (Fsp3) is 0.500. The molecule has 1 unspecified atom stereocenters. The molecule has 2 amide bonds. The van der Waals surface area contributed by atoms with Crippen molar-refractivity contribution in [3.05, 3.63) is 34.9 Å². The summed E-state index contributed by atoms with van der Waals surface area (Å²) in [6.07, 6.45) is 1.89. The molecule has 1 rings (SSSR count). The molecule has 19 heavy (non-hydrogen) atoms. The molecular weight excluding hydrogens is 264 g/mol. The van der Waals surface area contributed by atoms with Crippen molar-refractivity contribution in [2.75, 3.05) is 13.1 Å². The number of aliphatic hydroxyl groups is 1. The average molecular weight is 285 g/mol. The Hall–Kier alpha value is -1.26. The van der Waals surface area contributed by atoms with E-state index in [0.29, 0.717) is 24.5 Å². The summed E-state index contributed by atoms with van der Waals surface area (Å²) in [4.78, 5) is 11.4. The molecule has 0 saturated carbocycles. The molecule has 1 atom stereocenters. The summed E-state index contributed by atoms with van der Waals surface area (Å²) >= 11 is 5.79. The average Bonchev–Trinajstić information content (AvgIpc) is 2.39. The number of hydrogen-bond donors (Lipinski definition) is 3. The lowest BCUT2D eigenvalue weighted by atomic mass is 10.1. The fourth-order valence-corrected chi connectivity index (χ4v) is 1.81. The summed E-state index contributed by atoms with van der Waals surface area (Å²) in [6.45, 7) is 2.84. The summed E-state index contributed by atoms with van der Waals surface area (Å²) in [5, 5.41) is 15.6. The molecule has 1 aromatic carbocycles. The number of hydrogen-bond acceptors (Lipinski definition) is 2. The van der Waals surface area contributed by atoms with E-state index in [1.54, 1.807) is 0 Å². The summed E-state index contributed by atoms with van der Waals surface area (Å²) in [7, 11) is 0. The molecule has 106 valence electrons. The molecule has 0 heterocycles. The third-order valence-corrected chi connectivity index (χ3v) is 2.98. The van der Waals surface area contributed by atoms with Crippen molar-refractivity contribution in [2.24, 2.45) is 0 Å². The molecular formula is C14H21ClN2O2. The molecule has 1 aromatic rings. The Bertz CT molecular complexity index is 382. The molecule has 0 fully saturated rings. The van der Waals surface area contributed by atoms with Crippen LogP contribution in [0.25, 0.3) is 0 Å². The highest BCUT2D eigenvalue weighted by Gasteiger charge is 2.05. The number of amides is 2. The Kier molecular flexibility index (Phi) is 7.30. The van der Waals surface area contributed by atoms with Crippen LogP contribution in [0.5, 0.6) is 0 Å². The van der Waals surface area contributed by atoms with E-state index in [0.717, 1.165) is 18.4 Å². The normalized spacial score (nSPS) is 11.9. The lowest BCUT2D eigenvalue weighted by molar-refractivity contribution is 0.160. The van der Waals surface area contributed by atoms with E-state index < -0.39 is 6.10 Å². The smallest absolute Gasteiger partial charge is 0.314 e. The van der Waals surface area contributed by atoms with E-state index in [1.165, 1.54) is 0 Å². The van der Waals surface area contributed by atoms with E-state index >= 15 is 0 Å². The molecule has 0 aliphatic heterocycles. The summed E-state index contributed by atoms with van der Waals surface area (Å²) < 4.78 is 0. The van der Waals surface area contributed by atoms with E-state index in [4.69, 9.17) is 11.6 Å². The minimum Gasteiger partial charge on any atom is -0.391 e. The zero-order chi connectivity index (χ0) is 14.1. The number of aliphatic hydroxyl groups excluding tert-OH is 1. The maximum atomic E-state index is 11.4. The van der Waals surface area contributed by atoms with Gasteiger partial charge >= 0.3 is 6.03 Å². The van der Waals surface area contributed by atoms with Gasteiger partial charge in [-0.05, 0) is 30.5 Å². The van der Waals surface area contributed by atoms with Gasteiger partial charge in [0.2, 0.25) is 0 Å². The van der Waals surface area contributed by atoms with Crippen LogP contribution < -0.4 is 10.6 Å². The Balaban J connectivity index is 2.15. The van der Waals surface area contributed by atoms with Crippen molar-refractivity contribution in [1.29, 1.82) is 0 Å². The first-order valence-electron chi connectivity index (χ1n) is 6.56. The van der Waals surface area contributed by atoms with E-state index in [1.807, 2.05) is 31.2 Å². The second-order valence-electron chi connectivity index (χ2n) is 4.46. The Labute approximate surface area is 119 Å². The fourth-order valence-electron chi connectivity index (χ4n) is 1.68. The number of carbonyl (C=O) groups is 1. The summed E-state index contributed by atoms with van der Waals surface area (Å²) in [5.41, 5.74) is 1.12. The maximum absolute atomic E-state index is 11.4. The van der Waals surface area contributed by atoms with Crippen LogP contribution in [0.1, 0.15) is 25.3 Å². The Morgan fingerprint density at radius 2 is 2.00 bits per heavy atom. The molecule has 0 aliphatic carbocycles. The largest absolute Gasteiger partial charge is 0.391 e. The van der Waals surface area contributed by atoms with Crippen LogP contribution in [0.4, 0.5) is 4.79 Å². The zero-order valence-electron chi connectivity index (χ0n) is 11.2. The van der Waals surface area contributed by atoms with Crippen LogP contribution in [0.15, 0.2) is 24.3 Å². The van der Waals surface area contributed by atoms with Gasteiger partial charge in [-0.1, -0.05) is 37.1 Å². The van der Waals surface area contributed by atoms with Crippen molar-refractivity contribution in [3.8, 4) is 0 Å². The molecule has 0 saturated heterocycles. The first-order valence-corrected chi connectivity index (χ1v) is 6.93. The molecule has 4 nitrogen and oxygen atoms in total. The molecule has 0 bridgehead atoms. The zero-order valence-corrected chi connectivity index (χ0v) is 11.9. The van der Waals surface area contributed by atoms with Crippen LogP contribution in [0.3, 0.4) is 0 Å². The molecule has 0 radical (unpaired) electrons. The van der Waals surface area contributed by atoms with Crippen LogP contribution in [0, 0.1) is 0 Å². The monoisotopic (exact) mass is 284 g/mol. The van der Waals surface area contributed by atoms with Crippen molar-refractivity contribution in [1.82, 2.24) is 10.6 Å². The predicted octanol–water partition coefficient (Wildman–Crippen LogP) is 2.34. The quantitative estimate of drug-likeness (QED) is 0.720. The van der Waals surface area contributed by atoms with Crippen molar-refractivity contribution >= 4 is 17.6 Å².